The standard InChI is InChI=1S/C25H41NO4/c1-25-14-6-7-19(11-10-18-15-21(27)17-22(28)16-18)23(25)13-12-20(25)8-4-3-5-9-24(29)26-30-2/h10-11,20-23,27-28H,3-9,12-17H2,1-2H3,(H,26,29)/b19-11+/t20-,21+,22+,23-,25+/m0/s1. The van der Waals surface area contributed by atoms with E-state index in [-0.39, 0.29) is 5.91 Å². The fraction of sp³-hybridized carbons (Fsp3) is 0.800. The minimum absolute atomic E-state index is 0.0282. The van der Waals surface area contributed by atoms with Gasteiger partial charge in [0.2, 0.25) is 5.91 Å². The van der Waals surface area contributed by atoms with Crippen LogP contribution < -0.4 is 5.48 Å². The molecule has 0 saturated heterocycles. The Morgan fingerprint density at radius 1 is 1.17 bits per heavy atom. The predicted octanol–water partition coefficient (Wildman–Crippen LogP) is 4.59. The van der Waals surface area contributed by atoms with Crippen molar-refractivity contribution in [1.29, 1.82) is 0 Å². The van der Waals surface area contributed by atoms with E-state index in [0.29, 0.717) is 37.0 Å². The Labute approximate surface area is 181 Å². The largest absolute Gasteiger partial charge is 0.393 e. The van der Waals surface area contributed by atoms with Crippen LogP contribution in [0, 0.1) is 17.3 Å². The van der Waals surface area contributed by atoms with Crippen molar-refractivity contribution in [2.75, 3.05) is 7.11 Å². The number of fused-ring (bicyclic) bond motifs is 1. The number of allylic oxidation sites excluding steroid dienone is 3. The van der Waals surface area contributed by atoms with Crippen LogP contribution in [0.2, 0.25) is 0 Å². The number of unbranched alkanes of at least 4 members (excludes halogenated alkanes) is 2. The second-order valence-electron chi connectivity index (χ2n) is 10.0. The highest BCUT2D eigenvalue weighted by atomic mass is 16.6. The van der Waals surface area contributed by atoms with Gasteiger partial charge in [0.1, 0.15) is 0 Å². The van der Waals surface area contributed by atoms with Crippen molar-refractivity contribution in [3.05, 3.63) is 23.3 Å². The summed E-state index contributed by atoms with van der Waals surface area (Å²) in [6.07, 6.45) is 17.1. The Morgan fingerprint density at radius 3 is 2.67 bits per heavy atom. The monoisotopic (exact) mass is 419 g/mol. The number of hydrogen-bond donors (Lipinski definition) is 3. The molecule has 3 saturated carbocycles. The molecule has 0 spiro atoms. The molecule has 3 aliphatic rings. The molecule has 5 heteroatoms. The zero-order valence-electron chi connectivity index (χ0n) is 18.9. The number of nitrogens with one attached hydrogen (secondary N) is 1. The Hall–Kier alpha value is -1.17. The Balaban J connectivity index is 1.53. The van der Waals surface area contributed by atoms with Crippen molar-refractivity contribution >= 4 is 5.91 Å². The molecule has 5 nitrogen and oxygen atoms in total. The predicted molar refractivity (Wildman–Crippen MR) is 118 cm³/mol. The number of aliphatic hydroxyl groups excluding tert-OH is 2. The molecule has 3 N–H and O–H groups in total. The van der Waals surface area contributed by atoms with E-state index in [4.69, 9.17) is 0 Å². The van der Waals surface area contributed by atoms with E-state index < -0.39 is 12.2 Å². The first kappa shape index (κ1) is 23.5. The first-order valence-corrected chi connectivity index (χ1v) is 12.0. The molecule has 0 radical (unpaired) electrons. The number of amides is 1. The molecule has 30 heavy (non-hydrogen) atoms. The third-order valence-corrected chi connectivity index (χ3v) is 7.91. The number of carbonyl (C=O) groups is 1. The van der Waals surface area contributed by atoms with Crippen LogP contribution >= 0.6 is 0 Å². The second kappa shape index (κ2) is 10.9. The maximum Gasteiger partial charge on any atom is 0.243 e. The topological polar surface area (TPSA) is 78.8 Å². The van der Waals surface area contributed by atoms with Crippen LogP contribution in [-0.4, -0.2) is 35.4 Å². The molecule has 0 aromatic rings. The van der Waals surface area contributed by atoms with Gasteiger partial charge in [0.15, 0.2) is 0 Å². The number of rotatable bonds is 8. The van der Waals surface area contributed by atoms with Crippen LogP contribution in [0.4, 0.5) is 0 Å². The summed E-state index contributed by atoms with van der Waals surface area (Å²) in [6.45, 7) is 2.51. The van der Waals surface area contributed by atoms with E-state index in [1.54, 1.807) is 5.57 Å². The molecule has 0 bridgehead atoms. The lowest BCUT2D eigenvalue weighted by Gasteiger charge is -2.42. The number of carbonyl (C=O) groups excluding carboxylic acids is 1. The minimum Gasteiger partial charge on any atom is -0.393 e. The van der Waals surface area contributed by atoms with Crippen LogP contribution in [0.1, 0.15) is 90.4 Å². The average molecular weight is 420 g/mol. The first-order chi connectivity index (χ1) is 14.4. The zero-order chi connectivity index (χ0) is 21.6. The number of aliphatic hydroxyl groups is 2. The Morgan fingerprint density at radius 2 is 1.93 bits per heavy atom. The zero-order valence-corrected chi connectivity index (χ0v) is 18.9. The van der Waals surface area contributed by atoms with Gasteiger partial charge in [0.05, 0.1) is 19.3 Å². The Bertz CT molecular complexity index is 631. The van der Waals surface area contributed by atoms with Gasteiger partial charge in [-0.3, -0.25) is 9.63 Å². The molecule has 3 rings (SSSR count). The van der Waals surface area contributed by atoms with Crippen LogP contribution in [0.25, 0.3) is 0 Å². The third-order valence-electron chi connectivity index (χ3n) is 7.91. The van der Waals surface area contributed by atoms with Gasteiger partial charge in [-0.1, -0.05) is 43.1 Å². The van der Waals surface area contributed by atoms with Gasteiger partial charge in [-0.15, -0.1) is 0 Å². The van der Waals surface area contributed by atoms with Gasteiger partial charge in [-0.25, -0.2) is 5.48 Å². The summed E-state index contributed by atoms with van der Waals surface area (Å²) in [5, 5.41) is 19.9. The summed E-state index contributed by atoms with van der Waals surface area (Å²) >= 11 is 0. The second-order valence-corrected chi connectivity index (χ2v) is 10.0. The van der Waals surface area contributed by atoms with Crippen molar-refractivity contribution in [2.24, 2.45) is 17.3 Å². The van der Waals surface area contributed by atoms with Gasteiger partial charge in [0.25, 0.3) is 0 Å². The fourth-order valence-corrected chi connectivity index (χ4v) is 6.37. The van der Waals surface area contributed by atoms with E-state index in [2.05, 4.69) is 29.4 Å². The van der Waals surface area contributed by atoms with E-state index in [9.17, 15) is 15.0 Å². The van der Waals surface area contributed by atoms with E-state index >= 15 is 0 Å². The number of hydrogen-bond acceptors (Lipinski definition) is 4. The van der Waals surface area contributed by atoms with Gasteiger partial charge in [0, 0.05) is 6.42 Å². The van der Waals surface area contributed by atoms with Crippen LogP contribution in [0.15, 0.2) is 23.3 Å². The van der Waals surface area contributed by atoms with Gasteiger partial charge < -0.3 is 10.2 Å². The molecule has 170 valence electrons. The molecule has 0 aromatic heterocycles. The average Bonchev–Trinajstić information content (AvgIpc) is 3.02. The van der Waals surface area contributed by atoms with Gasteiger partial charge in [-0.2, -0.15) is 0 Å². The van der Waals surface area contributed by atoms with Crippen molar-refractivity contribution in [1.82, 2.24) is 5.48 Å². The molecule has 1 amide bonds. The lowest BCUT2D eigenvalue weighted by atomic mass is 9.62. The summed E-state index contributed by atoms with van der Waals surface area (Å²) < 4.78 is 0. The molecular weight excluding hydrogens is 378 g/mol. The van der Waals surface area contributed by atoms with Crippen molar-refractivity contribution in [3.63, 3.8) is 0 Å². The lowest BCUT2D eigenvalue weighted by Crippen LogP contribution is -2.33. The molecule has 0 aromatic carbocycles. The number of hydroxylamine groups is 1. The van der Waals surface area contributed by atoms with Crippen molar-refractivity contribution in [3.8, 4) is 0 Å². The summed E-state index contributed by atoms with van der Waals surface area (Å²) in [4.78, 5) is 16.1. The molecular formula is C25H41NO4. The first-order valence-electron chi connectivity index (χ1n) is 12.0. The van der Waals surface area contributed by atoms with Crippen molar-refractivity contribution < 1.29 is 19.8 Å². The van der Waals surface area contributed by atoms with E-state index in [1.807, 2.05) is 0 Å². The smallest absolute Gasteiger partial charge is 0.243 e. The van der Waals surface area contributed by atoms with Gasteiger partial charge >= 0.3 is 0 Å². The highest BCUT2D eigenvalue weighted by molar-refractivity contribution is 5.74. The third kappa shape index (κ3) is 5.95. The van der Waals surface area contributed by atoms with Gasteiger partial charge in [-0.05, 0) is 81.5 Å². The molecule has 5 atom stereocenters. The molecule has 0 aliphatic heterocycles. The lowest BCUT2D eigenvalue weighted by molar-refractivity contribution is -0.131. The highest BCUT2D eigenvalue weighted by Crippen LogP contribution is 2.58. The fourth-order valence-electron chi connectivity index (χ4n) is 6.37. The SMILES string of the molecule is CONC(=O)CCCCC[C@H]1CC[C@H]2/C(=C/C=C3C[C@@H](O)C[C@H](O)C3)CCC[C@]12C. The quantitative estimate of drug-likeness (QED) is 0.397. The highest BCUT2D eigenvalue weighted by Gasteiger charge is 2.48. The maximum absolute atomic E-state index is 11.5. The van der Waals surface area contributed by atoms with Crippen molar-refractivity contribution in [2.45, 2.75) is 103 Å². The summed E-state index contributed by atoms with van der Waals surface area (Å²) in [6, 6.07) is 0. The van der Waals surface area contributed by atoms with Crippen LogP contribution in [0.3, 0.4) is 0 Å². The molecule has 3 fully saturated rings. The summed E-state index contributed by atoms with van der Waals surface area (Å²) in [5.41, 5.74) is 5.57. The molecule has 0 unspecified atom stereocenters. The van der Waals surface area contributed by atoms with E-state index in [1.165, 1.54) is 57.6 Å². The molecule has 0 heterocycles. The summed E-state index contributed by atoms with van der Waals surface area (Å²) in [7, 11) is 1.47. The minimum atomic E-state index is -0.397. The maximum atomic E-state index is 11.5. The van der Waals surface area contributed by atoms with Crippen LogP contribution in [0.5, 0.6) is 0 Å². The van der Waals surface area contributed by atoms with Crippen LogP contribution in [-0.2, 0) is 9.63 Å². The molecule has 3 aliphatic carbocycles. The van der Waals surface area contributed by atoms with E-state index in [0.717, 1.165) is 18.8 Å². The summed E-state index contributed by atoms with van der Waals surface area (Å²) in [5.74, 6) is 1.43. The Kier molecular flexibility index (Phi) is 8.55. The normalized spacial score (nSPS) is 35.3.